The number of sulfone groups is 1. The third kappa shape index (κ3) is 6.04. The molecule has 0 atom stereocenters. The molecule has 0 saturated carbocycles. The van der Waals surface area contributed by atoms with Gasteiger partial charge in [0.1, 0.15) is 0 Å². The number of esters is 1. The molecule has 8 nitrogen and oxygen atoms in total. The smallest absolute Gasteiger partial charge is 0.465 e. The van der Waals surface area contributed by atoms with E-state index in [4.69, 9.17) is 23.2 Å². The number of alkyl halides is 2. The van der Waals surface area contributed by atoms with Gasteiger partial charge < -0.3 is 14.2 Å². The van der Waals surface area contributed by atoms with Crippen LogP contribution in [-0.4, -0.2) is 50.7 Å². The zero-order chi connectivity index (χ0) is 16.6. The van der Waals surface area contributed by atoms with E-state index in [-0.39, 0.29) is 9.55 Å². The van der Waals surface area contributed by atoms with Gasteiger partial charge in [-0.25, -0.2) is 18.0 Å². The van der Waals surface area contributed by atoms with E-state index in [1.54, 1.807) is 0 Å². The molecule has 0 fully saturated rings. The van der Waals surface area contributed by atoms with Crippen LogP contribution < -0.4 is 4.74 Å². The number of halogens is 2. The molecule has 12 heteroatoms. The number of carbonyl (C=O) groups excluding carboxylic acids is 2. The molecule has 0 aliphatic heterocycles. The molecule has 0 aliphatic rings. The predicted molar refractivity (Wildman–Crippen MR) is 76.2 cm³/mol. The van der Waals surface area contributed by atoms with Crippen molar-refractivity contribution in [2.24, 2.45) is 0 Å². The SMILES string of the molecule is COC(=O)Oc1nsc(S(C)(=O)=O)c1C(=O)OC.ClCCl. The highest BCUT2D eigenvalue weighted by molar-refractivity contribution is 7.92. The normalized spacial score (nSPS) is 10.1. The minimum absolute atomic E-state index is 0.194. The Morgan fingerprint density at radius 1 is 1.24 bits per heavy atom. The van der Waals surface area contributed by atoms with E-state index in [1.807, 2.05) is 0 Å². The van der Waals surface area contributed by atoms with Gasteiger partial charge >= 0.3 is 12.1 Å². The second kappa shape index (κ2) is 9.03. The van der Waals surface area contributed by atoms with E-state index < -0.39 is 33.4 Å². The summed E-state index contributed by atoms with van der Waals surface area (Å²) in [6.07, 6.45) is -0.222. The van der Waals surface area contributed by atoms with Gasteiger partial charge in [-0.15, -0.1) is 23.2 Å². The number of ether oxygens (including phenoxy) is 3. The maximum Gasteiger partial charge on any atom is 0.514 e. The van der Waals surface area contributed by atoms with Gasteiger partial charge in [-0.1, -0.05) is 0 Å². The van der Waals surface area contributed by atoms with Gasteiger partial charge in [-0.2, -0.15) is 4.37 Å². The Labute approximate surface area is 135 Å². The lowest BCUT2D eigenvalue weighted by Gasteiger charge is -2.02. The molecule has 120 valence electrons. The molecule has 0 radical (unpaired) electrons. The number of carbonyl (C=O) groups is 2. The van der Waals surface area contributed by atoms with Crippen LogP contribution in [0.3, 0.4) is 0 Å². The summed E-state index contributed by atoms with van der Waals surface area (Å²) in [5.74, 6) is -1.43. The average molecular weight is 380 g/mol. The van der Waals surface area contributed by atoms with E-state index in [9.17, 15) is 18.0 Å². The molecule has 0 unspecified atom stereocenters. The number of methoxy groups -OCH3 is 2. The molecule has 21 heavy (non-hydrogen) atoms. The van der Waals surface area contributed by atoms with Gasteiger partial charge in [0.25, 0.3) is 5.88 Å². The first-order chi connectivity index (χ1) is 9.72. The summed E-state index contributed by atoms with van der Waals surface area (Å²) < 4.78 is 39.3. The fourth-order valence-electron chi connectivity index (χ4n) is 0.978. The number of nitrogens with zero attached hydrogens (tertiary/aromatic N) is 1. The Bertz CT molecular complexity index is 599. The van der Waals surface area contributed by atoms with E-state index in [0.717, 1.165) is 20.5 Å². The van der Waals surface area contributed by atoms with Crippen molar-refractivity contribution in [1.82, 2.24) is 4.37 Å². The highest BCUT2D eigenvalue weighted by Crippen LogP contribution is 2.30. The van der Waals surface area contributed by atoms with Crippen LogP contribution in [0.5, 0.6) is 5.88 Å². The third-order valence-electron chi connectivity index (χ3n) is 1.70. The Morgan fingerprint density at radius 3 is 2.14 bits per heavy atom. The average Bonchev–Trinajstić information content (AvgIpc) is 2.82. The van der Waals surface area contributed by atoms with Crippen molar-refractivity contribution < 1.29 is 32.2 Å². The molecule has 1 aromatic rings. The van der Waals surface area contributed by atoms with Crippen LogP contribution in [0.25, 0.3) is 0 Å². The van der Waals surface area contributed by atoms with Crippen molar-refractivity contribution >= 4 is 56.7 Å². The van der Waals surface area contributed by atoms with Crippen LogP contribution in [0.2, 0.25) is 0 Å². The van der Waals surface area contributed by atoms with Crippen molar-refractivity contribution in [2.75, 3.05) is 25.8 Å². The molecule has 1 heterocycles. The highest BCUT2D eigenvalue weighted by atomic mass is 35.5. The molecule has 0 aliphatic carbocycles. The Morgan fingerprint density at radius 2 is 1.76 bits per heavy atom. The summed E-state index contributed by atoms with van der Waals surface area (Å²) >= 11 is 10.0. The van der Waals surface area contributed by atoms with Gasteiger partial charge in [-0.3, -0.25) is 0 Å². The standard InChI is InChI=1S/C8H9NO7S2.CH2Cl2/c1-14-6(10)4-5(16-8(11)15-2)9-17-7(4)18(3,12)13;2-1-3/h1-3H3;1H2. The Kier molecular flexibility index (Phi) is 8.55. The minimum Gasteiger partial charge on any atom is -0.465 e. The summed E-state index contributed by atoms with van der Waals surface area (Å²) in [4.78, 5) is 22.4. The monoisotopic (exact) mass is 379 g/mol. The van der Waals surface area contributed by atoms with Crippen molar-refractivity contribution in [2.45, 2.75) is 4.21 Å². The van der Waals surface area contributed by atoms with E-state index in [0.29, 0.717) is 11.5 Å². The summed E-state index contributed by atoms with van der Waals surface area (Å²) in [5, 5.41) is 0.194. The van der Waals surface area contributed by atoms with Crippen LogP contribution in [-0.2, 0) is 19.3 Å². The summed E-state index contributed by atoms with van der Waals surface area (Å²) in [5.41, 5.74) is -0.421. The molecule has 1 aromatic heterocycles. The number of hydrogen-bond donors (Lipinski definition) is 0. The minimum atomic E-state index is -3.69. The van der Waals surface area contributed by atoms with Crippen molar-refractivity contribution in [3.63, 3.8) is 0 Å². The maximum absolute atomic E-state index is 11.5. The highest BCUT2D eigenvalue weighted by Gasteiger charge is 2.30. The summed E-state index contributed by atoms with van der Waals surface area (Å²) in [6.45, 7) is 0. The number of hydrogen-bond acceptors (Lipinski definition) is 9. The van der Waals surface area contributed by atoms with E-state index >= 15 is 0 Å². The molecule has 0 amide bonds. The maximum atomic E-state index is 11.5. The second-order valence-corrected chi connectivity index (χ2v) is 6.86. The van der Waals surface area contributed by atoms with Crippen molar-refractivity contribution in [3.05, 3.63) is 5.56 Å². The summed E-state index contributed by atoms with van der Waals surface area (Å²) in [7, 11) is -1.56. The quantitative estimate of drug-likeness (QED) is 0.578. The van der Waals surface area contributed by atoms with E-state index in [2.05, 4.69) is 18.6 Å². The summed E-state index contributed by atoms with van der Waals surface area (Å²) in [6, 6.07) is 0. The fraction of sp³-hybridized carbons (Fsp3) is 0.444. The number of rotatable bonds is 3. The fourth-order valence-corrected chi connectivity index (χ4v) is 2.73. The zero-order valence-corrected chi connectivity index (χ0v) is 14.2. The van der Waals surface area contributed by atoms with Gasteiger partial charge in [0.15, 0.2) is 19.6 Å². The van der Waals surface area contributed by atoms with Crippen LogP contribution in [0, 0.1) is 0 Å². The Balaban J connectivity index is 0.00000122. The molecule has 0 bridgehead atoms. The molecule has 0 aromatic carbocycles. The number of aromatic nitrogens is 1. The lowest BCUT2D eigenvalue weighted by molar-refractivity contribution is 0.0591. The topological polar surface area (TPSA) is 109 Å². The lowest BCUT2D eigenvalue weighted by Crippen LogP contribution is -2.13. The first kappa shape index (κ1) is 19.9. The molecular weight excluding hydrogens is 369 g/mol. The van der Waals surface area contributed by atoms with Crippen LogP contribution in [0.15, 0.2) is 4.21 Å². The first-order valence-electron chi connectivity index (χ1n) is 4.88. The molecule has 0 spiro atoms. The van der Waals surface area contributed by atoms with Gasteiger partial charge in [0, 0.05) is 6.26 Å². The predicted octanol–water partition coefficient (Wildman–Crippen LogP) is 1.90. The Hall–Kier alpha value is -1.10. The molecular formula is C9H11Cl2NO7S2. The van der Waals surface area contributed by atoms with Gasteiger partial charge in [-0.05, 0) is 11.5 Å². The van der Waals surface area contributed by atoms with Crippen LogP contribution >= 0.6 is 34.7 Å². The van der Waals surface area contributed by atoms with E-state index in [1.165, 1.54) is 0 Å². The van der Waals surface area contributed by atoms with Crippen molar-refractivity contribution in [1.29, 1.82) is 0 Å². The lowest BCUT2D eigenvalue weighted by atomic mass is 10.3. The van der Waals surface area contributed by atoms with Crippen LogP contribution in [0.4, 0.5) is 4.79 Å². The van der Waals surface area contributed by atoms with Crippen molar-refractivity contribution in [3.8, 4) is 5.88 Å². The first-order valence-corrected chi connectivity index (χ1v) is 8.62. The molecule has 0 N–H and O–H groups in total. The molecule has 1 rings (SSSR count). The largest absolute Gasteiger partial charge is 0.514 e. The molecule has 0 saturated heterocycles. The third-order valence-corrected chi connectivity index (χ3v) is 4.34. The second-order valence-electron chi connectivity index (χ2n) is 3.07. The van der Waals surface area contributed by atoms with Gasteiger partial charge in [0.05, 0.1) is 19.6 Å². The van der Waals surface area contributed by atoms with Gasteiger partial charge in [0.2, 0.25) is 0 Å². The van der Waals surface area contributed by atoms with Crippen LogP contribution in [0.1, 0.15) is 10.4 Å². The zero-order valence-electron chi connectivity index (χ0n) is 11.1.